The average Bonchev–Trinajstić information content (AvgIpc) is 2.94. The molecule has 1 amide bonds. The number of carbonyl (C=O) groups is 1. The van der Waals surface area contributed by atoms with E-state index in [0.717, 1.165) is 33.9 Å². The van der Waals surface area contributed by atoms with E-state index in [4.69, 9.17) is 5.73 Å². The number of aliphatic hydroxyl groups is 1. The maximum absolute atomic E-state index is 12.5. The van der Waals surface area contributed by atoms with Gasteiger partial charge < -0.3 is 20.7 Å². The molecule has 3 rings (SSSR count). The molecule has 4 N–H and O–H groups in total. The van der Waals surface area contributed by atoms with Gasteiger partial charge in [-0.15, -0.1) is 0 Å². The van der Waals surface area contributed by atoms with E-state index in [0.29, 0.717) is 18.9 Å². The van der Waals surface area contributed by atoms with Gasteiger partial charge in [0.2, 0.25) is 5.91 Å². The highest BCUT2D eigenvalue weighted by molar-refractivity contribution is 9.10. The highest BCUT2D eigenvalue weighted by Gasteiger charge is 2.19. The van der Waals surface area contributed by atoms with Crippen LogP contribution in [-0.4, -0.2) is 28.2 Å². The Balaban J connectivity index is 1.81. The first-order chi connectivity index (χ1) is 12.1. The van der Waals surface area contributed by atoms with Crippen molar-refractivity contribution in [3.8, 4) is 0 Å². The Bertz CT molecular complexity index is 738. The molecular weight excluding hydrogens is 382 g/mol. The number of rotatable bonds is 6. The summed E-state index contributed by atoms with van der Waals surface area (Å²) in [6.45, 7) is 0.610. The van der Waals surface area contributed by atoms with Crippen LogP contribution in [0.25, 0.3) is 10.9 Å². The predicted octanol–water partition coefficient (Wildman–Crippen LogP) is 3.63. The number of hydrogen-bond donors (Lipinski definition) is 3. The normalized spacial score (nSPS) is 16.9. The molecule has 1 fully saturated rings. The Morgan fingerprint density at radius 3 is 2.84 bits per heavy atom. The average molecular weight is 408 g/mol. The molecule has 1 aromatic heterocycles. The van der Waals surface area contributed by atoms with Crippen molar-refractivity contribution in [3.63, 3.8) is 0 Å². The number of halogens is 1. The minimum atomic E-state index is -0.611. The summed E-state index contributed by atoms with van der Waals surface area (Å²) in [6, 6.07) is 5.90. The lowest BCUT2D eigenvalue weighted by Crippen LogP contribution is -2.24. The van der Waals surface area contributed by atoms with Crippen molar-refractivity contribution in [3.05, 3.63) is 28.9 Å². The van der Waals surface area contributed by atoms with Gasteiger partial charge in [-0.2, -0.15) is 0 Å². The third-order valence-electron chi connectivity index (χ3n) is 5.01. The van der Waals surface area contributed by atoms with Crippen molar-refractivity contribution in [1.82, 2.24) is 4.57 Å². The number of nitrogens with one attached hydrogen (secondary N) is 1. The minimum Gasteiger partial charge on any atom is -0.390 e. The largest absolute Gasteiger partial charge is 0.390 e. The Hall–Kier alpha value is -1.37. The van der Waals surface area contributed by atoms with Crippen LogP contribution in [0, 0.1) is 5.92 Å². The quantitative estimate of drug-likeness (QED) is 0.683. The first-order valence-electron chi connectivity index (χ1n) is 9.04. The van der Waals surface area contributed by atoms with Crippen molar-refractivity contribution in [1.29, 1.82) is 0 Å². The van der Waals surface area contributed by atoms with Gasteiger partial charge in [-0.05, 0) is 30.9 Å². The Labute approximate surface area is 156 Å². The Morgan fingerprint density at radius 2 is 2.12 bits per heavy atom. The summed E-state index contributed by atoms with van der Waals surface area (Å²) in [4.78, 5) is 12.5. The second-order valence-electron chi connectivity index (χ2n) is 6.97. The fraction of sp³-hybridized carbons (Fsp3) is 0.526. The van der Waals surface area contributed by atoms with Crippen LogP contribution in [0.5, 0.6) is 0 Å². The zero-order valence-electron chi connectivity index (χ0n) is 14.4. The van der Waals surface area contributed by atoms with Crippen LogP contribution in [0.3, 0.4) is 0 Å². The van der Waals surface area contributed by atoms with Crippen molar-refractivity contribution >= 4 is 38.4 Å². The summed E-state index contributed by atoms with van der Waals surface area (Å²) in [6.07, 6.45) is 7.95. The van der Waals surface area contributed by atoms with E-state index in [9.17, 15) is 9.90 Å². The van der Waals surface area contributed by atoms with Gasteiger partial charge in [0.1, 0.15) is 0 Å². The molecular formula is C19H26BrN3O2. The number of nitrogens with two attached hydrogens (primary N) is 1. The molecule has 0 radical (unpaired) electrons. The molecule has 1 saturated carbocycles. The van der Waals surface area contributed by atoms with Crippen molar-refractivity contribution in [2.75, 3.05) is 11.9 Å². The fourth-order valence-corrected chi connectivity index (χ4v) is 4.28. The number of amides is 1. The van der Waals surface area contributed by atoms with E-state index in [1.165, 1.54) is 19.3 Å². The van der Waals surface area contributed by atoms with E-state index in [2.05, 4.69) is 21.2 Å². The highest BCUT2D eigenvalue weighted by atomic mass is 79.9. The number of aromatic nitrogens is 1. The highest BCUT2D eigenvalue weighted by Crippen LogP contribution is 2.33. The SMILES string of the molecule is NCC(O)Cn1cc(NC(=O)CC2CCCCC2)c2c(Br)cccc21. The van der Waals surface area contributed by atoms with Crippen LogP contribution >= 0.6 is 15.9 Å². The third-order valence-corrected chi connectivity index (χ3v) is 5.67. The molecule has 1 aliphatic carbocycles. The topological polar surface area (TPSA) is 80.3 Å². The molecule has 6 heteroatoms. The number of benzene rings is 1. The summed E-state index contributed by atoms with van der Waals surface area (Å²) < 4.78 is 2.88. The molecule has 1 aliphatic rings. The van der Waals surface area contributed by atoms with Gasteiger partial charge in [0, 0.05) is 35.6 Å². The molecule has 1 heterocycles. The van der Waals surface area contributed by atoms with Gasteiger partial charge in [-0.25, -0.2) is 0 Å². The first kappa shape index (κ1) is 18.4. The van der Waals surface area contributed by atoms with Crippen LogP contribution in [-0.2, 0) is 11.3 Å². The number of aliphatic hydroxyl groups excluding tert-OH is 1. The molecule has 0 aliphatic heterocycles. The summed E-state index contributed by atoms with van der Waals surface area (Å²) in [5.74, 6) is 0.575. The van der Waals surface area contributed by atoms with E-state index >= 15 is 0 Å². The van der Waals surface area contributed by atoms with Crippen LogP contribution in [0.1, 0.15) is 38.5 Å². The molecule has 0 saturated heterocycles. The van der Waals surface area contributed by atoms with Gasteiger partial charge in [0.05, 0.1) is 17.3 Å². The first-order valence-corrected chi connectivity index (χ1v) is 9.83. The molecule has 1 aromatic carbocycles. The van der Waals surface area contributed by atoms with Gasteiger partial charge in [0.25, 0.3) is 0 Å². The van der Waals surface area contributed by atoms with Crippen molar-refractivity contribution in [2.24, 2.45) is 11.7 Å². The lowest BCUT2D eigenvalue weighted by Gasteiger charge is -2.20. The minimum absolute atomic E-state index is 0.0704. The van der Waals surface area contributed by atoms with Gasteiger partial charge in [-0.1, -0.05) is 41.3 Å². The zero-order chi connectivity index (χ0) is 17.8. The summed E-state index contributed by atoms with van der Waals surface area (Å²) in [5.41, 5.74) is 7.30. The second kappa shape index (κ2) is 8.34. The number of anilines is 1. The molecule has 1 unspecified atom stereocenters. The zero-order valence-corrected chi connectivity index (χ0v) is 16.0. The smallest absolute Gasteiger partial charge is 0.224 e. The summed E-state index contributed by atoms with van der Waals surface area (Å²) in [5, 5.41) is 13.9. The molecule has 136 valence electrons. The number of nitrogens with zero attached hydrogens (tertiary/aromatic N) is 1. The van der Waals surface area contributed by atoms with Gasteiger partial charge in [0.15, 0.2) is 0 Å². The molecule has 25 heavy (non-hydrogen) atoms. The molecule has 1 atom stereocenters. The van der Waals surface area contributed by atoms with Crippen LogP contribution < -0.4 is 11.1 Å². The maximum atomic E-state index is 12.5. The number of fused-ring (bicyclic) bond motifs is 1. The van der Waals surface area contributed by atoms with Gasteiger partial charge in [-0.3, -0.25) is 4.79 Å². The van der Waals surface area contributed by atoms with Crippen molar-refractivity contribution in [2.45, 2.75) is 51.2 Å². The Morgan fingerprint density at radius 1 is 1.36 bits per heavy atom. The second-order valence-corrected chi connectivity index (χ2v) is 7.83. The van der Waals surface area contributed by atoms with Crippen LogP contribution in [0.4, 0.5) is 5.69 Å². The third kappa shape index (κ3) is 4.43. The lowest BCUT2D eigenvalue weighted by molar-refractivity contribution is -0.117. The monoisotopic (exact) mass is 407 g/mol. The molecule has 5 nitrogen and oxygen atoms in total. The standard InChI is InChI=1S/C19H26BrN3O2/c20-15-7-4-8-17-19(15)16(12-23(17)11-14(24)10-21)22-18(25)9-13-5-2-1-3-6-13/h4,7-8,12-14,24H,1-3,5-6,9-11,21H2,(H,22,25). The summed E-state index contributed by atoms with van der Waals surface area (Å²) in [7, 11) is 0. The molecule has 0 bridgehead atoms. The van der Waals surface area contributed by atoms with E-state index in [1.807, 2.05) is 29.0 Å². The van der Waals surface area contributed by atoms with E-state index < -0.39 is 6.10 Å². The van der Waals surface area contributed by atoms with E-state index in [1.54, 1.807) is 0 Å². The lowest BCUT2D eigenvalue weighted by atomic mass is 9.87. The number of hydrogen-bond acceptors (Lipinski definition) is 3. The van der Waals surface area contributed by atoms with Crippen molar-refractivity contribution < 1.29 is 9.90 Å². The van der Waals surface area contributed by atoms with E-state index in [-0.39, 0.29) is 12.5 Å². The molecule has 2 aromatic rings. The number of carbonyl (C=O) groups excluding carboxylic acids is 1. The van der Waals surface area contributed by atoms with Crippen LogP contribution in [0.15, 0.2) is 28.9 Å². The molecule has 0 spiro atoms. The maximum Gasteiger partial charge on any atom is 0.224 e. The Kier molecular flexibility index (Phi) is 6.15. The predicted molar refractivity (Wildman–Crippen MR) is 105 cm³/mol. The fourth-order valence-electron chi connectivity index (χ4n) is 3.71. The van der Waals surface area contributed by atoms with Crippen LogP contribution in [0.2, 0.25) is 0 Å². The van der Waals surface area contributed by atoms with Gasteiger partial charge >= 0.3 is 0 Å². The summed E-state index contributed by atoms with van der Waals surface area (Å²) >= 11 is 3.58.